The summed E-state index contributed by atoms with van der Waals surface area (Å²) < 4.78 is 10.8. The highest BCUT2D eigenvalue weighted by Gasteiger charge is 2.27. The fraction of sp³-hybridized carbons (Fsp3) is 0.450. The highest BCUT2D eigenvalue weighted by molar-refractivity contribution is 5.89. The first-order valence-corrected chi connectivity index (χ1v) is 8.87. The molecule has 0 spiro atoms. The molecule has 1 aromatic heterocycles. The number of aromatic nitrogens is 1. The van der Waals surface area contributed by atoms with Crippen LogP contribution in [0.4, 0.5) is 4.79 Å². The second-order valence-corrected chi connectivity index (χ2v) is 7.11. The van der Waals surface area contributed by atoms with Crippen LogP contribution in [0, 0.1) is 0 Å². The van der Waals surface area contributed by atoms with Gasteiger partial charge < -0.3 is 19.3 Å². The smallest absolute Gasteiger partial charge is 0.409 e. The molecular weight excluding hydrogens is 346 g/mol. The van der Waals surface area contributed by atoms with Gasteiger partial charge in [-0.3, -0.25) is 4.98 Å². The largest absolute Gasteiger partial charge is 0.453 e. The molecule has 0 radical (unpaired) electrons. The van der Waals surface area contributed by atoms with Crippen molar-refractivity contribution in [1.82, 2.24) is 14.8 Å². The number of allylic oxidation sites excluding steroid dienone is 1. The normalized spacial score (nSPS) is 13.8. The molecule has 0 bridgehead atoms. The zero-order valence-corrected chi connectivity index (χ0v) is 16.3. The first-order chi connectivity index (χ1) is 12.8. The highest BCUT2D eigenvalue weighted by atomic mass is 16.6. The Morgan fingerprint density at radius 3 is 2.78 bits per heavy atom. The van der Waals surface area contributed by atoms with Crippen molar-refractivity contribution in [1.29, 1.82) is 0 Å². The Bertz CT molecular complexity index is 713. The summed E-state index contributed by atoms with van der Waals surface area (Å²) in [4.78, 5) is 32.0. The van der Waals surface area contributed by atoms with Crippen LogP contribution in [0.5, 0.6) is 0 Å². The molecule has 146 valence electrons. The Labute approximate surface area is 160 Å². The monoisotopic (exact) mass is 373 g/mol. The molecule has 1 aliphatic heterocycles. The summed E-state index contributed by atoms with van der Waals surface area (Å²) in [6, 6.07) is 5.67. The fourth-order valence-corrected chi connectivity index (χ4v) is 2.43. The number of carbonyl (C=O) groups is 2. The van der Waals surface area contributed by atoms with E-state index in [1.807, 2.05) is 37.5 Å². The second kappa shape index (κ2) is 9.21. The molecule has 2 heterocycles. The number of esters is 1. The zero-order chi connectivity index (χ0) is 19.9. The van der Waals surface area contributed by atoms with Crippen molar-refractivity contribution in [3.05, 3.63) is 54.1 Å². The van der Waals surface area contributed by atoms with E-state index in [1.54, 1.807) is 38.2 Å². The molecule has 0 N–H and O–H groups in total. The van der Waals surface area contributed by atoms with Gasteiger partial charge in [-0.1, -0.05) is 12.1 Å². The van der Waals surface area contributed by atoms with Gasteiger partial charge in [0, 0.05) is 51.6 Å². The molecule has 0 unspecified atom stereocenters. The van der Waals surface area contributed by atoms with Crippen molar-refractivity contribution in [2.24, 2.45) is 0 Å². The molecule has 2 rings (SSSR count). The highest BCUT2D eigenvalue weighted by Crippen LogP contribution is 2.18. The van der Waals surface area contributed by atoms with E-state index in [1.165, 1.54) is 4.90 Å². The molecule has 1 aromatic rings. The Balaban J connectivity index is 1.77. The lowest BCUT2D eigenvalue weighted by molar-refractivity contribution is -0.155. The van der Waals surface area contributed by atoms with Gasteiger partial charge in [0.2, 0.25) is 0 Å². The number of ether oxygens (including phenoxy) is 2. The fourth-order valence-electron chi connectivity index (χ4n) is 2.43. The van der Waals surface area contributed by atoms with Crippen molar-refractivity contribution >= 4 is 12.1 Å². The van der Waals surface area contributed by atoms with Crippen LogP contribution >= 0.6 is 0 Å². The van der Waals surface area contributed by atoms with Crippen molar-refractivity contribution in [2.75, 3.05) is 27.2 Å². The number of amides is 1. The molecule has 0 aromatic carbocycles. The maximum atomic E-state index is 12.3. The summed E-state index contributed by atoms with van der Waals surface area (Å²) >= 11 is 0. The molecule has 1 amide bonds. The van der Waals surface area contributed by atoms with Crippen molar-refractivity contribution in [3.8, 4) is 0 Å². The minimum atomic E-state index is -0.921. The van der Waals surface area contributed by atoms with E-state index in [0.717, 1.165) is 5.69 Å². The average Bonchev–Trinajstić information content (AvgIpc) is 2.64. The molecule has 0 saturated heterocycles. The van der Waals surface area contributed by atoms with Crippen LogP contribution in [0.15, 0.2) is 48.4 Å². The molecule has 0 aliphatic carbocycles. The standard InChI is InChI=1S/C20H27N3O4/c1-20(2,27-18(24)16-8-7-12-22(3)14-16)15-26-19(25)23(4)13-10-17-9-5-6-11-21-17/h5-7,9,11-12,14H,8,10,13,15H2,1-4H3. The summed E-state index contributed by atoms with van der Waals surface area (Å²) in [6.45, 7) is 3.90. The van der Waals surface area contributed by atoms with E-state index in [0.29, 0.717) is 25.0 Å². The topological polar surface area (TPSA) is 72.0 Å². The van der Waals surface area contributed by atoms with Crippen molar-refractivity contribution in [3.63, 3.8) is 0 Å². The van der Waals surface area contributed by atoms with Crippen LogP contribution in [0.25, 0.3) is 0 Å². The SMILES string of the molecule is CN1C=CCC(C(=O)OC(C)(C)COC(=O)N(C)CCc2ccccn2)=C1. The van der Waals surface area contributed by atoms with Crippen LogP contribution < -0.4 is 0 Å². The van der Waals surface area contributed by atoms with E-state index in [2.05, 4.69) is 4.98 Å². The number of hydrogen-bond donors (Lipinski definition) is 0. The minimum absolute atomic E-state index is 0.0234. The minimum Gasteiger partial charge on any atom is -0.453 e. The Morgan fingerprint density at radius 2 is 2.11 bits per heavy atom. The Morgan fingerprint density at radius 1 is 1.33 bits per heavy atom. The molecule has 7 heteroatoms. The summed E-state index contributed by atoms with van der Waals surface area (Å²) in [7, 11) is 3.51. The number of hydrogen-bond acceptors (Lipinski definition) is 6. The van der Waals surface area contributed by atoms with Gasteiger partial charge in [-0.2, -0.15) is 0 Å². The number of likely N-dealkylation sites (N-methyl/N-ethyl adjacent to an activating group) is 1. The summed E-state index contributed by atoms with van der Waals surface area (Å²) in [6.07, 6.45) is 7.92. The first-order valence-electron chi connectivity index (χ1n) is 8.87. The van der Waals surface area contributed by atoms with Crippen LogP contribution in [0.2, 0.25) is 0 Å². The van der Waals surface area contributed by atoms with E-state index in [4.69, 9.17) is 9.47 Å². The summed E-state index contributed by atoms with van der Waals surface area (Å²) in [5.41, 5.74) is 0.549. The summed E-state index contributed by atoms with van der Waals surface area (Å²) in [5.74, 6) is -0.407. The van der Waals surface area contributed by atoms with Gasteiger partial charge in [-0.15, -0.1) is 0 Å². The predicted octanol–water partition coefficient (Wildman–Crippen LogP) is 2.75. The van der Waals surface area contributed by atoms with Gasteiger partial charge >= 0.3 is 12.1 Å². The first kappa shape index (κ1) is 20.5. The van der Waals surface area contributed by atoms with Gasteiger partial charge in [0.05, 0.1) is 5.57 Å². The molecule has 0 fully saturated rings. The molecule has 0 atom stereocenters. The van der Waals surface area contributed by atoms with Gasteiger partial charge in [-0.25, -0.2) is 9.59 Å². The zero-order valence-electron chi connectivity index (χ0n) is 16.3. The van der Waals surface area contributed by atoms with Gasteiger partial charge in [-0.05, 0) is 32.2 Å². The third-order valence-corrected chi connectivity index (χ3v) is 3.95. The molecule has 27 heavy (non-hydrogen) atoms. The average molecular weight is 373 g/mol. The summed E-state index contributed by atoms with van der Waals surface area (Å²) in [5, 5.41) is 0. The third kappa shape index (κ3) is 6.77. The van der Waals surface area contributed by atoms with E-state index in [-0.39, 0.29) is 6.61 Å². The number of rotatable bonds is 7. The molecule has 7 nitrogen and oxygen atoms in total. The van der Waals surface area contributed by atoms with E-state index < -0.39 is 17.7 Å². The maximum absolute atomic E-state index is 12.3. The Kier molecular flexibility index (Phi) is 6.98. The van der Waals surface area contributed by atoms with Gasteiger partial charge in [0.1, 0.15) is 12.2 Å². The lowest BCUT2D eigenvalue weighted by atomic mass is 10.1. The maximum Gasteiger partial charge on any atom is 0.409 e. The van der Waals surface area contributed by atoms with Crippen LogP contribution in [0.1, 0.15) is 26.0 Å². The third-order valence-electron chi connectivity index (χ3n) is 3.95. The Hall–Kier alpha value is -2.83. The van der Waals surface area contributed by atoms with Gasteiger partial charge in [0.25, 0.3) is 0 Å². The van der Waals surface area contributed by atoms with Crippen LogP contribution in [-0.2, 0) is 20.7 Å². The van der Waals surface area contributed by atoms with Gasteiger partial charge in [0.15, 0.2) is 0 Å². The van der Waals surface area contributed by atoms with E-state index >= 15 is 0 Å². The lowest BCUT2D eigenvalue weighted by Crippen LogP contribution is -2.38. The van der Waals surface area contributed by atoms with Crippen molar-refractivity contribution < 1.29 is 19.1 Å². The number of nitrogens with zero attached hydrogens (tertiary/aromatic N) is 3. The van der Waals surface area contributed by atoms with Crippen LogP contribution in [0.3, 0.4) is 0 Å². The quantitative estimate of drug-likeness (QED) is 0.685. The lowest BCUT2D eigenvalue weighted by Gasteiger charge is -2.27. The molecular formula is C20H27N3O4. The molecule has 0 saturated carbocycles. The predicted molar refractivity (Wildman–Crippen MR) is 102 cm³/mol. The molecule has 1 aliphatic rings. The van der Waals surface area contributed by atoms with Crippen molar-refractivity contribution in [2.45, 2.75) is 32.3 Å². The van der Waals surface area contributed by atoms with E-state index in [9.17, 15) is 9.59 Å². The van der Waals surface area contributed by atoms with Crippen LogP contribution in [-0.4, -0.2) is 59.7 Å². The second-order valence-electron chi connectivity index (χ2n) is 7.11. The number of pyridine rings is 1. The number of carbonyl (C=O) groups excluding carboxylic acids is 2.